The van der Waals surface area contributed by atoms with Crippen molar-refractivity contribution < 1.29 is 72.5 Å². The zero-order valence-corrected chi connectivity index (χ0v) is 33.0. The first-order valence-corrected chi connectivity index (χ1v) is 19.0. The summed E-state index contributed by atoms with van der Waals surface area (Å²) in [5, 5.41) is 11.7. The van der Waals surface area contributed by atoms with Crippen molar-refractivity contribution in [3.8, 4) is 23.0 Å². The number of fused-ring (bicyclic) bond motifs is 2. The Morgan fingerprint density at radius 1 is 0.914 bits per heavy atom. The van der Waals surface area contributed by atoms with E-state index in [2.05, 4.69) is 5.32 Å². The minimum Gasteiger partial charge on any atom is -0.493 e. The third-order valence-corrected chi connectivity index (χ3v) is 10.5. The number of ketones is 1. The number of aliphatic carboxylic acids is 1. The quantitative estimate of drug-likeness (QED) is 0.0716. The predicted octanol–water partition coefficient (Wildman–Crippen LogP) is 4.01. The molecule has 2 aliphatic rings. The number of ether oxygens (including phenoxy) is 5. The van der Waals surface area contributed by atoms with Crippen LogP contribution in [0.1, 0.15) is 68.1 Å². The van der Waals surface area contributed by atoms with E-state index in [1.165, 1.54) is 45.1 Å². The molecule has 0 bridgehead atoms. The number of likely N-dealkylation sites (tertiary alicyclic amines) is 1. The summed E-state index contributed by atoms with van der Waals surface area (Å²) in [5.74, 6) is -8.26. The van der Waals surface area contributed by atoms with Crippen LogP contribution in [-0.4, -0.2) is 103 Å². The Labute approximate surface area is 336 Å². The van der Waals surface area contributed by atoms with Crippen LogP contribution in [0.25, 0.3) is 10.1 Å². The number of thiophene rings is 1. The smallest absolute Gasteiger partial charge is 0.309 e. The van der Waals surface area contributed by atoms with Gasteiger partial charge in [-0.05, 0) is 17.7 Å². The molecule has 58 heavy (non-hydrogen) atoms. The summed E-state index contributed by atoms with van der Waals surface area (Å²) in [6.45, 7) is 1.87. The van der Waals surface area contributed by atoms with Crippen LogP contribution in [0, 0.1) is 23.5 Å². The number of esters is 1. The van der Waals surface area contributed by atoms with Crippen molar-refractivity contribution in [2.45, 2.75) is 59.0 Å². The Morgan fingerprint density at radius 3 is 2.22 bits per heavy atom. The number of nitrogens with one attached hydrogen (secondary N) is 1. The van der Waals surface area contributed by atoms with Gasteiger partial charge in [0.2, 0.25) is 23.6 Å². The Morgan fingerprint density at radius 2 is 1.59 bits per heavy atom. The lowest BCUT2D eigenvalue weighted by Crippen LogP contribution is -2.41. The minimum absolute atomic E-state index is 0.0585. The van der Waals surface area contributed by atoms with Gasteiger partial charge in [0, 0.05) is 68.3 Å². The van der Waals surface area contributed by atoms with E-state index >= 15 is 8.78 Å². The van der Waals surface area contributed by atoms with Crippen molar-refractivity contribution in [3.63, 3.8) is 0 Å². The number of halogens is 2. The molecule has 2 aliphatic heterocycles. The topological polar surface area (TPSA) is 204 Å². The number of carbonyl (C=O) groups excluding carboxylic acids is 6. The Bertz CT molecular complexity index is 2170. The number of imide groups is 1. The second-order valence-corrected chi connectivity index (χ2v) is 14.7. The van der Waals surface area contributed by atoms with Crippen molar-refractivity contribution in [1.29, 1.82) is 0 Å². The van der Waals surface area contributed by atoms with E-state index in [4.69, 9.17) is 30.2 Å². The van der Waals surface area contributed by atoms with Crippen molar-refractivity contribution >= 4 is 62.8 Å². The van der Waals surface area contributed by atoms with Gasteiger partial charge in [-0.15, -0.1) is 11.3 Å². The van der Waals surface area contributed by atoms with Gasteiger partial charge in [0.05, 0.1) is 50.7 Å². The van der Waals surface area contributed by atoms with Crippen LogP contribution >= 0.6 is 11.3 Å². The zero-order chi connectivity index (χ0) is 43.1. The average Bonchev–Trinajstić information content (AvgIpc) is 3.90. The fourth-order valence-electron chi connectivity index (χ4n) is 6.16. The maximum absolute atomic E-state index is 15.8. The maximum Gasteiger partial charge on any atom is 0.309 e. The first kappa shape index (κ1) is 41.8. The molecule has 0 radical (unpaired) electrons. The summed E-state index contributed by atoms with van der Waals surface area (Å²) in [6, 6.07) is 4.43. The number of rotatable bonds is 20. The minimum atomic E-state index is -1.23. The number of amides is 4. The number of carbonyl (C=O) groups is 7. The number of nitrogens with zero attached hydrogens (tertiary/aromatic N) is 2. The summed E-state index contributed by atoms with van der Waals surface area (Å²) < 4.78 is 66.6. The van der Waals surface area contributed by atoms with Gasteiger partial charge in [-0.3, -0.25) is 38.5 Å². The van der Waals surface area contributed by atoms with Crippen LogP contribution in [0.3, 0.4) is 0 Å². The van der Waals surface area contributed by atoms with Crippen molar-refractivity contribution in [3.05, 3.63) is 45.8 Å². The number of hydrogen-bond donors (Lipinski definition) is 2. The van der Waals surface area contributed by atoms with Crippen LogP contribution in [-0.2, 0) is 46.6 Å². The normalized spacial score (nSPS) is 16.1. The molecule has 3 aromatic rings. The van der Waals surface area contributed by atoms with Crippen LogP contribution in [0.2, 0.25) is 0 Å². The summed E-state index contributed by atoms with van der Waals surface area (Å²) in [7, 11) is 2.66. The van der Waals surface area contributed by atoms with Gasteiger partial charge in [0.25, 0.3) is 0 Å². The van der Waals surface area contributed by atoms with E-state index in [0.29, 0.717) is 15.2 Å². The highest BCUT2D eigenvalue weighted by molar-refractivity contribution is 7.20. The molecule has 19 heteroatoms. The Hall–Kier alpha value is -5.85. The lowest BCUT2D eigenvalue weighted by Gasteiger charge is -2.16. The van der Waals surface area contributed by atoms with Gasteiger partial charge in [-0.2, -0.15) is 0 Å². The standard InChI is InChI=1S/C39H43F2N3O13S/c1-20(38(50)51)13-33(49)43-17-22-14-26(53-3)36(35(41)24(22)18-43)55-9-5-10-56-37-27(54-4)16-28-23(34(37)40)15-29(58-28)25(45)12-21(2)39(52)57-11-8-42-30(46)19-44-31(47)6-7-32(44)48/h14-16,20-21H,5-13,17-19H2,1-4H3,(H,42,46)(H,50,51)/t20-,21-/m1/s1/i6T/t6?,20-,21-. The van der Waals surface area contributed by atoms with E-state index < -0.39 is 77.8 Å². The number of carboxylic acids is 1. The summed E-state index contributed by atoms with van der Waals surface area (Å²) in [4.78, 5) is 87.4. The number of methoxy groups -OCH3 is 2. The molecule has 1 fully saturated rings. The third-order valence-electron chi connectivity index (χ3n) is 9.41. The Kier molecular flexibility index (Phi) is 13.7. The summed E-state index contributed by atoms with van der Waals surface area (Å²) >= 11 is 0.996. The molecule has 312 valence electrons. The van der Waals surface area contributed by atoms with E-state index in [0.717, 1.165) is 11.3 Å². The van der Waals surface area contributed by atoms with Crippen LogP contribution in [0.15, 0.2) is 18.2 Å². The number of carboxylic acid groups (broad SMARTS) is 1. The van der Waals surface area contributed by atoms with Gasteiger partial charge in [-0.25, -0.2) is 8.78 Å². The molecule has 3 atom stereocenters. The van der Waals surface area contributed by atoms with E-state index in [-0.39, 0.29) is 104 Å². The van der Waals surface area contributed by atoms with Gasteiger partial charge in [-0.1, -0.05) is 13.8 Å². The predicted molar refractivity (Wildman–Crippen MR) is 201 cm³/mol. The first-order valence-electron chi connectivity index (χ1n) is 18.8. The van der Waals surface area contributed by atoms with Crippen LogP contribution in [0.5, 0.6) is 23.0 Å². The number of hydrogen-bond acceptors (Lipinski definition) is 13. The fourth-order valence-corrected chi connectivity index (χ4v) is 7.20. The molecule has 16 nitrogen and oxygen atoms in total. The fraction of sp³-hybridized carbons (Fsp3) is 0.462. The van der Waals surface area contributed by atoms with Gasteiger partial charge in [0.15, 0.2) is 40.4 Å². The lowest BCUT2D eigenvalue weighted by atomic mass is 10.0. The second kappa shape index (κ2) is 19.1. The molecule has 1 unspecified atom stereocenters. The van der Waals surface area contributed by atoms with Crippen molar-refractivity contribution in [2.24, 2.45) is 11.8 Å². The molecule has 3 heterocycles. The molecular weight excluding hydrogens is 789 g/mol. The molecule has 0 spiro atoms. The molecule has 0 saturated carbocycles. The van der Waals surface area contributed by atoms with Crippen molar-refractivity contribution in [1.82, 2.24) is 15.1 Å². The lowest BCUT2D eigenvalue weighted by molar-refractivity contribution is -0.148. The van der Waals surface area contributed by atoms with Crippen LogP contribution < -0.4 is 24.3 Å². The molecule has 2 aromatic carbocycles. The summed E-state index contributed by atoms with van der Waals surface area (Å²) in [6.07, 6.45) is -1.83. The van der Waals surface area contributed by atoms with E-state index in [9.17, 15) is 33.6 Å². The maximum atomic E-state index is 15.8. The number of Topliss-reactive ketones (excluding diaryl/α,β-unsaturated/α-hetero) is 1. The average molecular weight is 834 g/mol. The van der Waals surface area contributed by atoms with E-state index in [1.807, 2.05) is 0 Å². The molecule has 4 amide bonds. The molecule has 5 rings (SSSR count). The molecule has 0 aliphatic carbocycles. The van der Waals surface area contributed by atoms with Crippen molar-refractivity contribution in [2.75, 3.05) is 47.1 Å². The third kappa shape index (κ3) is 9.99. The molecule has 2 N–H and O–H groups in total. The molecule has 1 saturated heterocycles. The van der Waals surface area contributed by atoms with Gasteiger partial charge < -0.3 is 39.0 Å². The number of benzene rings is 2. The highest BCUT2D eigenvalue weighted by atomic mass is 32.1. The molecular formula is C39H43F2N3O13S. The van der Waals surface area contributed by atoms with Gasteiger partial charge in [0.1, 0.15) is 13.2 Å². The highest BCUT2D eigenvalue weighted by Crippen LogP contribution is 2.41. The van der Waals surface area contributed by atoms with E-state index in [1.54, 1.807) is 6.07 Å². The monoisotopic (exact) mass is 833 g/mol. The van der Waals surface area contributed by atoms with Crippen LogP contribution in [0.4, 0.5) is 8.78 Å². The largest absolute Gasteiger partial charge is 0.493 e. The molecule has 1 aromatic heterocycles. The Balaban J connectivity index is 1.11. The first-order chi connectivity index (χ1) is 28.0. The van der Waals surface area contributed by atoms with Gasteiger partial charge >= 0.3 is 11.9 Å². The SMILES string of the molecule is [3H]C1CC(=O)N(CC(=O)NCCOC(=O)[C@H](C)CC(=O)c2cc3c(F)c(OCCCOc4c(OC)cc5c(c4F)CN(C(=O)C[C@@H](C)C(=O)O)C5)c(OC)cc3s2)C1=O. The highest BCUT2D eigenvalue weighted by Gasteiger charge is 2.32. The second-order valence-electron chi connectivity index (χ2n) is 13.6. The summed E-state index contributed by atoms with van der Waals surface area (Å²) in [5.41, 5.74) is 0.741. The zero-order valence-electron chi connectivity index (χ0n) is 33.1.